The molecule has 3 heterocycles. The molecule has 0 radical (unpaired) electrons. The quantitative estimate of drug-likeness (QED) is 0.371. The predicted molar refractivity (Wildman–Crippen MR) is 115 cm³/mol. The number of hydrogen-bond donors (Lipinski definition) is 2. The van der Waals surface area contributed by atoms with Crippen molar-refractivity contribution < 1.29 is 31.9 Å². The van der Waals surface area contributed by atoms with E-state index in [2.05, 4.69) is 15.4 Å². The number of carbonyl (C=O) groups excluding carboxylic acids is 2. The van der Waals surface area contributed by atoms with Gasteiger partial charge in [-0.3, -0.25) is 9.59 Å². The third kappa shape index (κ3) is 4.55. The summed E-state index contributed by atoms with van der Waals surface area (Å²) in [7, 11) is 0. The molecule has 2 amide bonds. The van der Waals surface area contributed by atoms with Gasteiger partial charge in [0.1, 0.15) is 21.2 Å². The van der Waals surface area contributed by atoms with E-state index in [0.717, 1.165) is 23.5 Å². The van der Waals surface area contributed by atoms with Crippen molar-refractivity contribution in [2.24, 2.45) is 5.73 Å². The van der Waals surface area contributed by atoms with Crippen LogP contribution < -0.4 is 15.8 Å². The molecule has 0 saturated carbocycles. The van der Waals surface area contributed by atoms with Crippen LogP contribution >= 0.6 is 11.3 Å². The number of fused-ring (bicyclic) bond motifs is 1. The summed E-state index contributed by atoms with van der Waals surface area (Å²) in [5, 5.41) is 6.88. The predicted octanol–water partition coefficient (Wildman–Crippen LogP) is 4.40. The zero-order valence-corrected chi connectivity index (χ0v) is 18.1. The number of nitrogens with zero attached hydrogens (tertiary/aromatic N) is 3. The van der Waals surface area contributed by atoms with Crippen molar-refractivity contribution in [1.82, 2.24) is 14.8 Å². The number of aryl methyl sites for hydroxylation is 1. The number of nitrogens with two attached hydrogens (primary N) is 1. The number of halogens is 4. The molecule has 13 heteroatoms. The summed E-state index contributed by atoms with van der Waals surface area (Å²) < 4.78 is 59.3. The number of rotatable bonds is 7. The number of primary amides is 1. The molecule has 4 rings (SSSR count). The number of anilines is 1. The highest BCUT2D eigenvalue weighted by Crippen LogP contribution is 2.38. The van der Waals surface area contributed by atoms with Crippen molar-refractivity contribution in [3.63, 3.8) is 0 Å². The molecule has 34 heavy (non-hydrogen) atoms. The van der Waals surface area contributed by atoms with Gasteiger partial charge >= 0.3 is 0 Å². The zero-order chi connectivity index (χ0) is 24.6. The van der Waals surface area contributed by atoms with Crippen molar-refractivity contribution in [3.8, 4) is 5.75 Å². The van der Waals surface area contributed by atoms with Gasteiger partial charge < -0.3 is 15.8 Å². The van der Waals surface area contributed by atoms with Gasteiger partial charge in [-0.2, -0.15) is 5.10 Å². The number of benzene rings is 1. The van der Waals surface area contributed by atoms with Crippen molar-refractivity contribution >= 4 is 39.1 Å². The van der Waals surface area contributed by atoms with Gasteiger partial charge in [0.15, 0.2) is 24.0 Å². The van der Waals surface area contributed by atoms with Crippen molar-refractivity contribution in [1.29, 1.82) is 0 Å². The van der Waals surface area contributed by atoms with Crippen LogP contribution in [0.1, 0.15) is 37.8 Å². The number of carbonyl (C=O) groups is 2. The average Bonchev–Trinajstić information content (AvgIpc) is 3.38. The van der Waals surface area contributed by atoms with E-state index in [0.29, 0.717) is 17.0 Å². The highest BCUT2D eigenvalue weighted by Gasteiger charge is 2.24. The Morgan fingerprint density at radius 1 is 1.24 bits per heavy atom. The first-order chi connectivity index (χ1) is 16.1. The summed E-state index contributed by atoms with van der Waals surface area (Å²) in [6.45, 7) is 1.27. The molecule has 0 fully saturated rings. The van der Waals surface area contributed by atoms with E-state index in [1.54, 1.807) is 6.92 Å². The Kier molecular flexibility index (Phi) is 6.20. The fraction of sp³-hybridized carbons (Fsp3) is 0.143. The fourth-order valence-corrected chi connectivity index (χ4v) is 4.24. The van der Waals surface area contributed by atoms with Crippen LogP contribution in [0.5, 0.6) is 5.75 Å². The van der Waals surface area contributed by atoms with Crippen LogP contribution in [0.25, 0.3) is 10.2 Å². The van der Waals surface area contributed by atoms with E-state index in [4.69, 9.17) is 10.5 Å². The highest BCUT2D eigenvalue weighted by molar-refractivity contribution is 7.21. The first-order valence-corrected chi connectivity index (χ1v) is 10.4. The number of hydrogen-bond acceptors (Lipinski definition) is 6. The van der Waals surface area contributed by atoms with Crippen LogP contribution in [0.2, 0.25) is 0 Å². The molecule has 0 aliphatic heterocycles. The lowest BCUT2D eigenvalue weighted by molar-refractivity contribution is 0.100. The second kappa shape index (κ2) is 9.09. The molecule has 3 N–H and O–H groups in total. The smallest absolute Gasteiger partial charge is 0.280 e. The third-order valence-corrected chi connectivity index (χ3v) is 5.78. The van der Waals surface area contributed by atoms with Crippen LogP contribution in [-0.2, 0) is 6.73 Å². The Balaban J connectivity index is 1.57. The molecule has 176 valence electrons. The summed E-state index contributed by atoms with van der Waals surface area (Å²) in [4.78, 5) is 28.6. The maximum absolute atomic E-state index is 13.7. The number of nitrogens with one attached hydrogen (secondary N) is 1. The largest absolute Gasteiger partial charge is 0.468 e. The number of thiophene rings is 1. The fourth-order valence-electron chi connectivity index (χ4n) is 3.17. The van der Waals surface area contributed by atoms with Crippen LogP contribution in [-0.4, -0.2) is 26.6 Å². The lowest BCUT2D eigenvalue weighted by Gasteiger charge is -2.08. The summed E-state index contributed by atoms with van der Waals surface area (Å²) in [5.74, 6) is -3.44. The molecule has 0 unspecified atom stereocenters. The Morgan fingerprint density at radius 3 is 2.68 bits per heavy atom. The minimum atomic E-state index is -2.81. The first-order valence-electron chi connectivity index (χ1n) is 9.58. The molecule has 0 aliphatic rings. The molecule has 0 saturated heterocycles. The highest BCUT2D eigenvalue weighted by atomic mass is 32.1. The van der Waals surface area contributed by atoms with Crippen LogP contribution in [0.15, 0.2) is 36.5 Å². The minimum Gasteiger partial charge on any atom is -0.468 e. The Hall–Kier alpha value is -4.00. The summed E-state index contributed by atoms with van der Waals surface area (Å²) in [6.07, 6.45) is -1.42. The molecular weight excluding hydrogens is 478 g/mol. The standard InChI is InChI=1S/C21H15F4N5O3S/c1-9-6-13(18(24)25)27-21-15(9)16(17(34-21)19(26)31)28-20(32)12-4-5-30(29-12)8-33-14-3-2-10(22)7-11(14)23/h2-7,18H,8H2,1H3,(H2,26,31)(H,28,32). The van der Waals surface area contributed by atoms with Gasteiger partial charge in [0, 0.05) is 17.6 Å². The van der Waals surface area contributed by atoms with E-state index in [1.165, 1.54) is 23.0 Å². The van der Waals surface area contributed by atoms with Crippen LogP contribution in [0.3, 0.4) is 0 Å². The van der Waals surface area contributed by atoms with Gasteiger partial charge in [0.05, 0.1) is 5.69 Å². The SMILES string of the molecule is Cc1cc(C(F)F)nc2sc(C(N)=O)c(NC(=O)c3ccn(COc4ccc(F)cc4F)n3)c12. The normalized spacial score (nSPS) is 11.2. The number of alkyl halides is 2. The molecule has 4 aromatic rings. The molecule has 0 aliphatic carbocycles. The second-order valence-electron chi connectivity index (χ2n) is 7.06. The molecular formula is C21H15F4N5O3S. The topological polar surface area (TPSA) is 112 Å². The Bertz CT molecular complexity index is 1420. The number of pyridine rings is 1. The Labute approximate surface area is 193 Å². The number of amides is 2. The molecule has 8 nitrogen and oxygen atoms in total. The lowest BCUT2D eigenvalue weighted by Crippen LogP contribution is -2.18. The zero-order valence-electron chi connectivity index (χ0n) is 17.3. The van der Waals surface area contributed by atoms with E-state index >= 15 is 0 Å². The summed E-state index contributed by atoms with van der Waals surface area (Å²) >= 11 is 0.787. The molecule has 1 aromatic carbocycles. The van der Waals surface area contributed by atoms with Crippen molar-refractivity contribution in [3.05, 3.63) is 70.0 Å². The third-order valence-electron chi connectivity index (χ3n) is 4.68. The maximum Gasteiger partial charge on any atom is 0.280 e. The van der Waals surface area contributed by atoms with Gasteiger partial charge in [0.2, 0.25) is 0 Å². The number of ether oxygens (including phenoxy) is 1. The maximum atomic E-state index is 13.7. The monoisotopic (exact) mass is 493 g/mol. The van der Waals surface area contributed by atoms with Crippen LogP contribution in [0.4, 0.5) is 23.2 Å². The van der Waals surface area contributed by atoms with E-state index in [9.17, 15) is 27.2 Å². The van der Waals surface area contributed by atoms with Crippen molar-refractivity contribution in [2.75, 3.05) is 5.32 Å². The number of aromatic nitrogens is 3. The van der Waals surface area contributed by atoms with Crippen LogP contribution in [0, 0.1) is 18.6 Å². The Morgan fingerprint density at radius 2 is 2.00 bits per heavy atom. The van der Waals surface area contributed by atoms with Gasteiger partial charge in [0.25, 0.3) is 18.2 Å². The lowest BCUT2D eigenvalue weighted by atomic mass is 10.1. The van der Waals surface area contributed by atoms with Gasteiger partial charge in [-0.25, -0.2) is 27.2 Å². The van der Waals surface area contributed by atoms with E-state index in [-0.39, 0.29) is 33.6 Å². The first kappa shape index (κ1) is 23.2. The van der Waals surface area contributed by atoms with Gasteiger partial charge in [-0.15, -0.1) is 11.3 Å². The summed E-state index contributed by atoms with van der Waals surface area (Å²) in [5.41, 5.74) is 5.30. The molecule has 0 bridgehead atoms. The molecule has 0 spiro atoms. The van der Waals surface area contributed by atoms with Gasteiger partial charge in [-0.1, -0.05) is 0 Å². The summed E-state index contributed by atoms with van der Waals surface area (Å²) in [6, 6.07) is 5.33. The average molecular weight is 493 g/mol. The molecule has 0 atom stereocenters. The second-order valence-corrected chi connectivity index (χ2v) is 8.06. The minimum absolute atomic E-state index is 0.0440. The van der Waals surface area contributed by atoms with E-state index in [1.807, 2.05) is 0 Å². The molecule has 3 aromatic heterocycles. The van der Waals surface area contributed by atoms with Gasteiger partial charge in [-0.05, 0) is 36.8 Å². The van der Waals surface area contributed by atoms with Crippen molar-refractivity contribution in [2.45, 2.75) is 20.1 Å². The van der Waals surface area contributed by atoms with E-state index < -0.39 is 35.6 Å².